The maximum atomic E-state index is 12.9. The Morgan fingerprint density at radius 3 is 2.37 bits per heavy atom. The first-order chi connectivity index (χ1) is 14.3. The van der Waals surface area contributed by atoms with Gasteiger partial charge in [-0.25, -0.2) is 0 Å². The van der Waals surface area contributed by atoms with Crippen LogP contribution in [0, 0.1) is 0 Å². The van der Waals surface area contributed by atoms with Gasteiger partial charge in [-0.05, 0) is 24.6 Å². The quantitative estimate of drug-likeness (QED) is 0.423. The molecule has 2 aromatic carbocycles. The summed E-state index contributed by atoms with van der Waals surface area (Å²) in [5, 5.41) is 49.5. The molecule has 0 aliphatic carbocycles. The lowest BCUT2D eigenvalue weighted by molar-refractivity contribution is -0.268. The molecule has 0 spiro atoms. The molecule has 1 aliphatic heterocycles. The zero-order valence-electron chi connectivity index (χ0n) is 15.8. The number of phenols is 2. The van der Waals surface area contributed by atoms with Crippen molar-refractivity contribution in [3.8, 4) is 28.4 Å². The van der Waals surface area contributed by atoms with Crippen molar-refractivity contribution in [2.24, 2.45) is 0 Å². The minimum atomic E-state index is -1.53. The molecule has 0 radical (unpaired) electrons. The van der Waals surface area contributed by atoms with Crippen LogP contribution in [0.25, 0.3) is 22.1 Å². The molecule has 3 aromatic rings. The SMILES string of the molecule is C[C@H]1OC(Oc2cc(O)c3c(=O)c(-c4ccc(O)cc4)coc3c2)[C@@H](O)[C@@H](O)[C@H]1O. The van der Waals surface area contributed by atoms with E-state index in [1.54, 1.807) is 12.1 Å². The summed E-state index contributed by atoms with van der Waals surface area (Å²) in [5.74, 6) is -0.330. The zero-order chi connectivity index (χ0) is 21.6. The fourth-order valence-corrected chi connectivity index (χ4v) is 3.36. The average molecular weight is 416 g/mol. The van der Waals surface area contributed by atoms with E-state index in [1.807, 2.05) is 0 Å². The summed E-state index contributed by atoms with van der Waals surface area (Å²) in [6, 6.07) is 8.46. The lowest BCUT2D eigenvalue weighted by Crippen LogP contribution is -2.58. The number of aliphatic hydroxyl groups is 3. The highest BCUT2D eigenvalue weighted by Crippen LogP contribution is 2.32. The highest BCUT2D eigenvalue weighted by molar-refractivity contribution is 5.88. The van der Waals surface area contributed by atoms with Gasteiger partial charge in [0.05, 0.1) is 11.7 Å². The van der Waals surface area contributed by atoms with Crippen molar-refractivity contribution in [2.75, 3.05) is 0 Å². The van der Waals surface area contributed by atoms with Gasteiger partial charge in [0.15, 0.2) is 0 Å². The Bertz CT molecular complexity index is 1120. The number of ether oxygens (including phenoxy) is 2. The van der Waals surface area contributed by atoms with Gasteiger partial charge in [0, 0.05) is 12.1 Å². The van der Waals surface area contributed by atoms with Gasteiger partial charge in [-0.3, -0.25) is 4.79 Å². The molecule has 9 nitrogen and oxygen atoms in total. The number of benzene rings is 2. The van der Waals surface area contributed by atoms with E-state index in [1.165, 1.54) is 31.4 Å². The molecular formula is C21H20O9. The van der Waals surface area contributed by atoms with Gasteiger partial charge >= 0.3 is 0 Å². The normalized spacial score (nSPS) is 26.6. The second-order valence-electron chi connectivity index (χ2n) is 7.14. The lowest BCUT2D eigenvalue weighted by atomic mass is 10.00. The van der Waals surface area contributed by atoms with Crippen molar-refractivity contribution < 1.29 is 39.4 Å². The summed E-state index contributed by atoms with van der Waals surface area (Å²) in [6.07, 6.45) is -5.15. The Morgan fingerprint density at radius 2 is 1.67 bits per heavy atom. The summed E-state index contributed by atoms with van der Waals surface area (Å²) in [6.45, 7) is 1.51. The van der Waals surface area contributed by atoms with Crippen molar-refractivity contribution >= 4 is 11.0 Å². The Balaban J connectivity index is 1.69. The molecule has 30 heavy (non-hydrogen) atoms. The van der Waals surface area contributed by atoms with Crippen molar-refractivity contribution in [2.45, 2.75) is 37.6 Å². The number of aromatic hydroxyl groups is 2. The van der Waals surface area contributed by atoms with Crippen molar-refractivity contribution in [1.82, 2.24) is 0 Å². The van der Waals surface area contributed by atoms with Gasteiger partial charge < -0.3 is 39.4 Å². The summed E-state index contributed by atoms with van der Waals surface area (Å²) >= 11 is 0. The molecule has 1 aliphatic rings. The van der Waals surface area contributed by atoms with Crippen LogP contribution in [0.3, 0.4) is 0 Å². The molecule has 158 valence electrons. The molecule has 0 bridgehead atoms. The third-order valence-corrected chi connectivity index (χ3v) is 5.07. The number of aliphatic hydroxyl groups excluding tert-OH is 3. The van der Waals surface area contributed by atoms with E-state index >= 15 is 0 Å². The number of hydrogen-bond acceptors (Lipinski definition) is 9. The van der Waals surface area contributed by atoms with Gasteiger partial charge in [-0.15, -0.1) is 0 Å². The first-order valence-electron chi connectivity index (χ1n) is 9.20. The van der Waals surface area contributed by atoms with Crippen LogP contribution in [0.4, 0.5) is 0 Å². The third kappa shape index (κ3) is 3.48. The minimum absolute atomic E-state index is 0.0281. The number of fused-ring (bicyclic) bond motifs is 1. The second kappa shape index (κ2) is 7.62. The van der Waals surface area contributed by atoms with Crippen molar-refractivity contribution in [3.63, 3.8) is 0 Å². The molecule has 1 unspecified atom stereocenters. The van der Waals surface area contributed by atoms with E-state index in [2.05, 4.69) is 0 Å². The van der Waals surface area contributed by atoms with E-state index in [4.69, 9.17) is 13.9 Å². The molecule has 4 rings (SSSR count). The molecule has 9 heteroatoms. The van der Waals surface area contributed by atoms with Crippen molar-refractivity contribution in [1.29, 1.82) is 0 Å². The highest BCUT2D eigenvalue weighted by Gasteiger charge is 2.43. The molecule has 5 N–H and O–H groups in total. The topological polar surface area (TPSA) is 150 Å². The standard InChI is InChI=1S/C21H20O9/c1-9-17(24)19(26)20(27)21(29-9)30-12-6-14(23)16-15(7-12)28-8-13(18(16)25)10-2-4-11(22)5-3-10/h2-9,17,19-24,26-27H,1H3/t9-,17+,19+,20+,21?/m1/s1. The molecular weight excluding hydrogens is 396 g/mol. The Kier molecular flexibility index (Phi) is 5.12. The van der Waals surface area contributed by atoms with Crippen LogP contribution in [0.1, 0.15) is 6.92 Å². The third-order valence-electron chi connectivity index (χ3n) is 5.07. The predicted octanol–water partition coefficient (Wildman–Crippen LogP) is 1.08. The van der Waals surface area contributed by atoms with Crippen LogP contribution in [0.2, 0.25) is 0 Å². The fourth-order valence-electron chi connectivity index (χ4n) is 3.36. The molecule has 0 amide bonds. The maximum Gasteiger partial charge on any atom is 0.229 e. The first kappa shape index (κ1) is 20.2. The molecule has 1 aromatic heterocycles. The summed E-state index contributed by atoms with van der Waals surface area (Å²) in [7, 11) is 0. The van der Waals surface area contributed by atoms with Crippen molar-refractivity contribution in [3.05, 3.63) is 52.9 Å². The van der Waals surface area contributed by atoms with Crippen LogP contribution in [0.15, 0.2) is 51.9 Å². The van der Waals surface area contributed by atoms with E-state index in [-0.39, 0.29) is 28.0 Å². The van der Waals surface area contributed by atoms with E-state index in [0.717, 1.165) is 6.07 Å². The van der Waals surface area contributed by atoms with Crippen LogP contribution in [-0.4, -0.2) is 56.2 Å². The maximum absolute atomic E-state index is 12.9. The summed E-state index contributed by atoms with van der Waals surface area (Å²) in [5.41, 5.74) is 0.260. The number of hydrogen-bond donors (Lipinski definition) is 5. The largest absolute Gasteiger partial charge is 0.508 e. The zero-order valence-corrected chi connectivity index (χ0v) is 15.8. The van der Waals surface area contributed by atoms with E-state index < -0.39 is 41.9 Å². The Morgan fingerprint density at radius 1 is 0.967 bits per heavy atom. The summed E-state index contributed by atoms with van der Waals surface area (Å²) < 4.78 is 16.4. The fraction of sp³-hybridized carbons (Fsp3) is 0.286. The molecule has 5 atom stereocenters. The van der Waals surface area contributed by atoms with Gasteiger partial charge in [0.1, 0.15) is 52.8 Å². The molecule has 0 saturated carbocycles. The van der Waals surface area contributed by atoms with E-state index in [0.29, 0.717) is 5.56 Å². The smallest absolute Gasteiger partial charge is 0.229 e. The highest BCUT2D eigenvalue weighted by atomic mass is 16.7. The Labute approximate surface area is 170 Å². The number of rotatable bonds is 3. The van der Waals surface area contributed by atoms with Crippen LogP contribution < -0.4 is 10.2 Å². The van der Waals surface area contributed by atoms with Gasteiger partial charge in [0.25, 0.3) is 0 Å². The van der Waals surface area contributed by atoms with Gasteiger partial charge in [-0.2, -0.15) is 0 Å². The summed E-state index contributed by atoms with van der Waals surface area (Å²) in [4.78, 5) is 12.9. The number of phenolic OH excluding ortho intramolecular Hbond substituents is 2. The van der Waals surface area contributed by atoms with Gasteiger partial charge in [0.2, 0.25) is 11.7 Å². The molecule has 2 heterocycles. The minimum Gasteiger partial charge on any atom is -0.508 e. The lowest BCUT2D eigenvalue weighted by Gasteiger charge is -2.38. The van der Waals surface area contributed by atoms with Gasteiger partial charge in [-0.1, -0.05) is 12.1 Å². The monoisotopic (exact) mass is 416 g/mol. The first-order valence-corrected chi connectivity index (χ1v) is 9.20. The van der Waals surface area contributed by atoms with E-state index in [9.17, 15) is 30.3 Å². The van der Waals surface area contributed by atoms with Crippen LogP contribution in [0.5, 0.6) is 17.2 Å². The van der Waals surface area contributed by atoms with Crippen LogP contribution >= 0.6 is 0 Å². The second-order valence-corrected chi connectivity index (χ2v) is 7.14. The molecule has 1 saturated heterocycles. The van der Waals surface area contributed by atoms with Crippen LogP contribution in [-0.2, 0) is 4.74 Å². The Hall–Kier alpha value is -3.11. The average Bonchev–Trinajstić information content (AvgIpc) is 2.71. The molecule has 1 fully saturated rings. The predicted molar refractivity (Wildman–Crippen MR) is 104 cm³/mol.